The first-order valence-corrected chi connectivity index (χ1v) is 9.28. The summed E-state index contributed by atoms with van der Waals surface area (Å²) in [4.78, 5) is 26.3. The fraction of sp³-hybridized carbons (Fsp3) is 0.263. The average molecular weight is 355 g/mol. The van der Waals surface area contributed by atoms with Gasteiger partial charge in [0.2, 0.25) is 11.8 Å². The second-order valence-corrected chi connectivity index (χ2v) is 7.02. The van der Waals surface area contributed by atoms with Gasteiger partial charge in [0.05, 0.1) is 5.75 Å². The van der Waals surface area contributed by atoms with E-state index >= 15 is 0 Å². The Balaban J connectivity index is 1.73. The lowest BCUT2D eigenvalue weighted by Crippen LogP contribution is -2.54. The van der Waals surface area contributed by atoms with Crippen molar-refractivity contribution in [3.8, 4) is 0 Å². The van der Waals surface area contributed by atoms with E-state index in [1.807, 2.05) is 67.6 Å². The summed E-state index contributed by atoms with van der Waals surface area (Å²) in [5.74, 6) is 0.241. The Bertz CT molecular complexity index is 684. The van der Waals surface area contributed by atoms with Gasteiger partial charge in [0, 0.05) is 23.8 Å². The highest BCUT2D eigenvalue weighted by atomic mass is 32.2. The highest BCUT2D eigenvalue weighted by Gasteiger charge is 2.25. The number of rotatable bonds is 5. The van der Waals surface area contributed by atoms with Crippen LogP contribution in [0.5, 0.6) is 0 Å². The van der Waals surface area contributed by atoms with Crippen LogP contribution in [0.4, 0.5) is 11.4 Å². The number of carbonyl (C=O) groups excluding carboxylic acids is 2. The van der Waals surface area contributed by atoms with Crippen LogP contribution >= 0.6 is 11.8 Å². The molecule has 25 heavy (non-hydrogen) atoms. The number of hydrogen-bond acceptors (Lipinski definition) is 4. The van der Waals surface area contributed by atoms with Gasteiger partial charge in [-0.2, -0.15) is 0 Å². The van der Waals surface area contributed by atoms with Crippen molar-refractivity contribution in [2.45, 2.75) is 24.9 Å². The second kappa shape index (κ2) is 8.18. The molecule has 2 aromatic rings. The largest absolute Gasteiger partial charge is 0.332 e. The molecule has 2 aromatic carbocycles. The molecule has 2 amide bonds. The molecule has 1 fully saturated rings. The molecule has 5 nitrogen and oxygen atoms in total. The SMILES string of the molecule is CC1CC(=O)NC(SCC(=O)N(c2ccccc2)c2ccccc2)N1. The third kappa shape index (κ3) is 4.61. The van der Waals surface area contributed by atoms with E-state index in [1.54, 1.807) is 4.90 Å². The van der Waals surface area contributed by atoms with Crippen molar-refractivity contribution in [3.63, 3.8) is 0 Å². The highest BCUT2D eigenvalue weighted by Crippen LogP contribution is 2.26. The molecule has 0 bridgehead atoms. The van der Waals surface area contributed by atoms with Crippen molar-refractivity contribution in [1.82, 2.24) is 10.6 Å². The molecular weight excluding hydrogens is 334 g/mol. The summed E-state index contributed by atoms with van der Waals surface area (Å²) in [6, 6.07) is 19.3. The van der Waals surface area contributed by atoms with Crippen LogP contribution in [0.2, 0.25) is 0 Å². The normalized spacial score (nSPS) is 20.0. The standard InChI is InChI=1S/C19H21N3O2S/c1-14-12-17(23)21-19(20-14)25-13-18(24)22(15-8-4-2-5-9-15)16-10-6-3-7-11-16/h2-11,14,19-20H,12-13H2,1H3,(H,21,23). The van der Waals surface area contributed by atoms with E-state index in [1.165, 1.54) is 11.8 Å². The van der Waals surface area contributed by atoms with Gasteiger partial charge in [0.15, 0.2) is 0 Å². The maximum Gasteiger partial charge on any atom is 0.241 e. The maximum atomic E-state index is 12.9. The number of nitrogens with zero attached hydrogens (tertiary/aromatic N) is 1. The molecule has 2 N–H and O–H groups in total. The van der Waals surface area contributed by atoms with Gasteiger partial charge in [0.25, 0.3) is 0 Å². The molecule has 0 aliphatic carbocycles. The van der Waals surface area contributed by atoms with Crippen LogP contribution in [0.15, 0.2) is 60.7 Å². The van der Waals surface area contributed by atoms with Crippen molar-refractivity contribution in [2.24, 2.45) is 0 Å². The van der Waals surface area contributed by atoms with Crippen molar-refractivity contribution in [1.29, 1.82) is 0 Å². The van der Waals surface area contributed by atoms with Crippen molar-refractivity contribution >= 4 is 35.0 Å². The molecule has 3 rings (SSSR count). The van der Waals surface area contributed by atoms with Crippen LogP contribution in [0, 0.1) is 0 Å². The summed E-state index contributed by atoms with van der Waals surface area (Å²) >= 11 is 1.40. The Morgan fingerprint density at radius 2 is 1.64 bits per heavy atom. The molecule has 1 aliphatic rings. The number of benzene rings is 2. The Kier molecular flexibility index (Phi) is 5.73. The van der Waals surface area contributed by atoms with Gasteiger partial charge in [0.1, 0.15) is 5.50 Å². The summed E-state index contributed by atoms with van der Waals surface area (Å²) in [6.45, 7) is 1.97. The zero-order valence-corrected chi connectivity index (χ0v) is 14.8. The molecule has 1 heterocycles. The minimum Gasteiger partial charge on any atom is -0.332 e. The van der Waals surface area contributed by atoms with Crippen LogP contribution in [0.25, 0.3) is 0 Å². The summed E-state index contributed by atoms with van der Waals surface area (Å²) in [7, 11) is 0. The predicted molar refractivity (Wildman–Crippen MR) is 102 cm³/mol. The number of anilines is 2. The van der Waals surface area contributed by atoms with Gasteiger partial charge in [-0.05, 0) is 31.2 Å². The molecule has 6 heteroatoms. The minimum absolute atomic E-state index is 0.0131. The number of carbonyl (C=O) groups is 2. The second-order valence-electron chi connectivity index (χ2n) is 5.93. The number of thioether (sulfide) groups is 1. The Morgan fingerprint density at radius 3 is 2.16 bits per heavy atom. The van der Waals surface area contributed by atoms with Gasteiger partial charge in [-0.15, -0.1) is 11.8 Å². The van der Waals surface area contributed by atoms with Gasteiger partial charge in [-0.1, -0.05) is 36.4 Å². The molecule has 130 valence electrons. The Morgan fingerprint density at radius 1 is 1.08 bits per heavy atom. The van der Waals surface area contributed by atoms with Gasteiger partial charge in [-0.25, -0.2) is 0 Å². The van der Waals surface area contributed by atoms with Gasteiger partial charge in [-0.3, -0.25) is 19.8 Å². The molecule has 1 aliphatic heterocycles. The van der Waals surface area contributed by atoms with Crippen LogP contribution in [-0.2, 0) is 9.59 Å². The number of para-hydroxylation sites is 2. The Hall–Kier alpha value is -2.31. The lowest BCUT2D eigenvalue weighted by Gasteiger charge is -2.30. The Labute approximate surface area is 151 Å². The van der Waals surface area contributed by atoms with Crippen LogP contribution in [-0.4, -0.2) is 29.1 Å². The summed E-state index contributed by atoms with van der Waals surface area (Å²) in [5, 5.41) is 6.14. The summed E-state index contributed by atoms with van der Waals surface area (Å²) < 4.78 is 0. The van der Waals surface area contributed by atoms with Gasteiger partial charge >= 0.3 is 0 Å². The van der Waals surface area contributed by atoms with Crippen LogP contribution in [0.3, 0.4) is 0 Å². The van der Waals surface area contributed by atoms with E-state index in [4.69, 9.17) is 0 Å². The smallest absolute Gasteiger partial charge is 0.241 e. The molecule has 0 saturated carbocycles. The molecule has 0 radical (unpaired) electrons. The molecule has 0 aromatic heterocycles. The fourth-order valence-electron chi connectivity index (χ4n) is 2.74. The first-order valence-electron chi connectivity index (χ1n) is 8.23. The number of hydrogen-bond donors (Lipinski definition) is 2. The van der Waals surface area contributed by atoms with Crippen molar-refractivity contribution < 1.29 is 9.59 Å². The zero-order chi connectivity index (χ0) is 17.6. The van der Waals surface area contributed by atoms with E-state index in [9.17, 15) is 9.59 Å². The van der Waals surface area contributed by atoms with Crippen molar-refractivity contribution in [2.75, 3.05) is 10.7 Å². The first kappa shape index (κ1) is 17.5. The minimum atomic E-state index is -0.242. The molecule has 2 unspecified atom stereocenters. The highest BCUT2D eigenvalue weighted by molar-refractivity contribution is 8.00. The topological polar surface area (TPSA) is 61.4 Å². The lowest BCUT2D eigenvalue weighted by atomic mass is 10.2. The third-order valence-corrected chi connectivity index (χ3v) is 4.87. The van der Waals surface area contributed by atoms with Gasteiger partial charge < -0.3 is 5.32 Å². The fourth-order valence-corrected chi connectivity index (χ4v) is 3.72. The maximum absolute atomic E-state index is 12.9. The molecule has 0 spiro atoms. The quantitative estimate of drug-likeness (QED) is 0.866. The van der Waals surface area contributed by atoms with E-state index < -0.39 is 0 Å². The van der Waals surface area contributed by atoms with E-state index in [0.717, 1.165) is 11.4 Å². The lowest BCUT2D eigenvalue weighted by molar-refractivity contribution is -0.123. The van der Waals surface area contributed by atoms with Crippen molar-refractivity contribution in [3.05, 3.63) is 60.7 Å². The first-order chi connectivity index (χ1) is 12.1. The van der Waals surface area contributed by atoms with Crippen LogP contribution < -0.4 is 15.5 Å². The van der Waals surface area contributed by atoms with Crippen LogP contribution in [0.1, 0.15) is 13.3 Å². The number of nitrogens with one attached hydrogen (secondary N) is 2. The molecular formula is C19H21N3O2S. The number of amides is 2. The monoisotopic (exact) mass is 355 g/mol. The zero-order valence-electron chi connectivity index (χ0n) is 14.0. The summed E-state index contributed by atoms with van der Waals surface area (Å²) in [5.41, 5.74) is 1.41. The van der Waals surface area contributed by atoms with E-state index in [0.29, 0.717) is 6.42 Å². The third-order valence-electron chi connectivity index (χ3n) is 3.87. The average Bonchev–Trinajstić information content (AvgIpc) is 2.61. The summed E-state index contributed by atoms with van der Waals surface area (Å²) in [6.07, 6.45) is 0.463. The van der Waals surface area contributed by atoms with E-state index in [2.05, 4.69) is 10.6 Å². The molecule has 1 saturated heterocycles. The predicted octanol–water partition coefficient (Wildman–Crippen LogP) is 2.87. The molecule has 2 atom stereocenters. The van der Waals surface area contributed by atoms with E-state index in [-0.39, 0.29) is 29.1 Å².